The molecule has 0 radical (unpaired) electrons. The van der Waals surface area contributed by atoms with Gasteiger partial charge in [-0.1, -0.05) is 11.6 Å². The number of alkyl halides is 2. The number of ether oxygens (including phenoxy) is 2. The number of anilines is 1. The quantitative estimate of drug-likeness (QED) is 0.364. The van der Waals surface area contributed by atoms with Crippen LogP contribution in [0.4, 0.5) is 14.5 Å². The van der Waals surface area contributed by atoms with E-state index in [4.69, 9.17) is 16.3 Å². The Labute approximate surface area is 228 Å². The van der Waals surface area contributed by atoms with E-state index in [0.29, 0.717) is 15.9 Å². The summed E-state index contributed by atoms with van der Waals surface area (Å²) in [7, 11) is 0. The van der Waals surface area contributed by atoms with Crippen LogP contribution in [0.2, 0.25) is 5.02 Å². The molecule has 196 valence electrons. The molecule has 2 aromatic heterocycles. The van der Waals surface area contributed by atoms with Crippen LogP contribution < -0.4 is 20.1 Å². The number of nitrogens with zero attached hydrogens (tertiary/aromatic N) is 3. The summed E-state index contributed by atoms with van der Waals surface area (Å²) >= 11 is 11.0. The summed E-state index contributed by atoms with van der Waals surface area (Å²) in [6.07, 6.45) is -0.615. The molecule has 3 aromatic rings. The van der Waals surface area contributed by atoms with Gasteiger partial charge in [-0.05, 0) is 66.7 Å². The smallest absolute Gasteiger partial charge is 0.395 e. The van der Waals surface area contributed by atoms with Crippen LogP contribution in [0.1, 0.15) is 40.3 Å². The van der Waals surface area contributed by atoms with Crippen LogP contribution in [0.5, 0.6) is 11.5 Å². The summed E-state index contributed by atoms with van der Waals surface area (Å²) in [6.45, 7) is 5.12. The first-order valence-electron chi connectivity index (χ1n) is 10.7. The third-order valence-corrected chi connectivity index (χ3v) is 6.86. The number of thioether (sulfide) groups is 1. The Balaban J connectivity index is 1.79. The second-order valence-corrected chi connectivity index (χ2v) is 10.8. The lowest BCUT2D eigenvalue weighted by Crippen LogP contribution is -2.45. The molecule has 37 heavy (non-hydrogen) atoms. The number of halogens is 4. The largest absolute Gasteiger partial charge is 0.586 e. The minimum Gasteiger partial charge on any atom is -0.395 e. The van der Waals surface area contributed by atoms with Gasteiger partial charge in [0.25, 0.3) is 11.8 Å². The molecule has 1 aromatic carbocycles. The van der Waals surface area contributed by atoms with E-state index in [9.17, 15) is 18.4 Å². The number of nitrogens with one attached hydrogen (secondary N) is 2. The maximum atomic E-state index is 14.0. The van der Waals surface area contributed by atoms with E-state index in [1.165, 1.54) is 34.8 Å². The fourth-order valence-corrected chi connectivity index (χ4v) is 5.11. The Bertz CT molecular complexity index is 1400. The van der Waals surface area contributed by atoms with E-state index in [2.05, 4.69) is 41.4 Å². The number of carbonyl (C=O) groups excluding carboxylic acids is 2. The van der Waals surface area contributed by atoms with Crippen LogP contribution in [0.25, 0.3) is 5.82 Å². The van der Waals surface area contributed by atoms with Crippen molar-refractivity contribution in [3.05, 3.63) is 56.9 Å². The van der Waals surface area contributed by atoms with Crippen LogP contribution in [0.15, 0.2) is 35.1 Å². The van der Waals surface area contributed by atoms with Gasteiger partial charge in [0.05, 0.1) is 10.7 Å². The van der Waals surface area contributed by atoms with Gasteiger partial charge < -0.3 is 20.1 Å². The molecule has 0 saturated heterocycles. The second-order valence-electron chi connectivity index (χ2n) is 8.74. The highest BCUT2D eigenvalue weighted by Crippen LogP contribution is 2.47. The minimum absolute atomic E-state index is 0.0175. The molecule has 1 aliphatic rings. The first-order chi connectivity index (χ1) is 17.3. The topological polar surface area (TPSA) is 107 Å². The van der Waals surface area contributed by atoms with Crippen molar-refractivity contribution in [3.63, 3.8) is 0 Å². The molecule has 2 amide bonds. The number of pyridine rings is 1. The summed E-state index contributed by atoms with van der Waals surface area (Å²) in [5.41, 5.74) is -0.712. The van der Waals surface area contributed by atoms with Crippen LogP contribution in [-0.2, 0) is 0 Å². The van der Waals surface area contributed by atoms with E-state index in [0.717, 1.165) is 0 Å². The number of aryl methyl sites for hydroxylation is 1. The van der Waals surface area contributed by atoms with Crippen LogP contribution in [-0.4, -0.2) is 50.4 Å². The Kier molecular flexibility index (Phi) is 7.41. The lowest BCUT2D eigenvalue weighted by atomic mass is 10.0. The van der Waals surface area contributed by atoms with Gasteiger partial charge in [-0.15, -0.1) is 8.78 Å². The molecular formula is C23H21BrClF2N5O4S. The van der Waals surface area contributed by atoms with Crippen LogP contribution >= 0.6 is 39.3 Å². The SMILES string of the molecule is CSCC(C)(C)NC(=O)c1c(NC(=O)c2cc(Br)nn2-c2ncccc2Cl)c(C)cc2c1OC(F)(F)O2. The average Bonchev–Trinajstić information content (AvgIpc) is 3.31. The van der Waals surface area contributed by atoms with Crippen molar-refractivity contribution in [3.8, 4) is 17.3 Å². The molecule has 0 saturated carbocycles. The molecule has 0 bridgehead atoms. The predicted octanol–water partition coefficient (Wildman–Crippen LogP) is 5.44. The van der Waals surface area contributed by atoms with Crippen LogP contribution in [0.3, 0.4) is 0 Å². The lowest BCUT2D eigenvalue weighted by Gasteiger charge is -2.26. The molecule has 9 nitrogen and oxygen atoms in total. The molecule has 0 unspecified atom stereocenters. The highest BCUT2D eigenvalue weighted by Gasteiger charge is 2.47. The van der Waals surface area contributed by atoms with Crippen molar-refractivity contribution >= 4 is 56.8 Å². The zero-order valence-corrected chi connectivity index (χ0v) is 23.1. The van der Waals surface area contributed by atoms with Crippen LogP contribution in [0, 0.1) is 6.92 Å². The van der Waals surface area contributed by atoms with Gasteiger partial charge in [-0.3, -0.25) is 9.59 Å². The van der Waals surface area contributed by atoms with Gasteiger partial charge in [0, 0.05) is 23.6 Å². The normalized spacial score (nSPS) is 13.9. The molecule has 2 N–H and O–H groups in total. The molecule has 4 rings (SSSR count). The van der Waals surface area contributed by atoms with Crippen molar-refractivity contribution < 1.29 is 27.8 Å². The number of hydrogen-bond acceptors (Lipinski definition) is 7. The van der Waals surface area contributed by atoms with E-state index in [1.54, 1.807) is 32.9 Å². The van der Waals surface area contributed by atoms with Gasteiger partial charge in [0.15, 0.2) is 17.3 Å². The number of aromatic nitrogens is 3. The van der Waals surface area contributed by atoms with E-state index < -0.39 is 29.4 Å². The number of rotatable bonds is 7. The van der Waals surface area contributed by atoms with Crippen molar-refractivity contribution in [1.82, 2.24) is 20.1 Å². The second kappa shape index (κ2) is 10.1. The number of benzene rings is 1. The van der Waals surface area contributed by atoms with E-state index in [1.807, 2.05) is 6.26 Å². The Morgan fingerprint density at radius 1 is 1.27 bits per heavy atom. The number of carbonyl (C=O) groups is 2. The molecule has 0 aliphatic carbocycles. The fourth-order valence-electron chi connectivity index (χ4n) is 3.74. The zero-order valence-electron chi connectivity index (χ0n) is 20.0. The van der Waals surface area contributed by atoms with Crippen molar-refractivity contribution in [2.75, 3.05) is 17.3 Å². The highest BCUT2D eigenvalue weighted by atomic mass is 79.9. The van der Waals surface area contributed by atoms with Crippen molar-refractivity contribution in [2.45, 2.75) is 32.6 Å². The van der Waals surface area contributed by atoms with Gasteiger partial charge in [-0.25, -0.2) is 9.67 Å². The number of hydrogen-bond donors (Lipinski definition) is 2. The fraction of sp³-hybridized carbons (Fsp3) is 0.304. The maximum Gasteiger partial charge on any atom is 0.586 e. The molecule has 3 heterocycles. The molecule has 1 aliphatic heterocycles. The Hall–Kier alpha value is -2.90. The van der Waals surface area contributed by atoms with Crippen molar-refractivity contribution in [1.29, 1.82) is 0 Å². The number of fused-ring (bicyclic) bond motifs is 1. The summed E-state index contributed by atoms with van der Waals surface area (Å²) < 4.78 is 38.8. The standard InChI is InChI=1S/C23H21BrClF2N5O4S/c1-11-8-14-18(36-23(26,27)35-14)16(21(34)30-22(2,3)10-37-4)17(11)29-20(33)13-9-15(24)31-32(13)19-12(25)6-5-7-28-19/h5-9H,10H2,1-4H3,(H,29,33)(H,30,34). The minimum atomic E-state index is -3.97. The molecular weight excluding hydrogens is 596 g/mol. The zero-order chi connectivity index (χ0) is 27.1. The summed E-state index contributed by atoms with van der Waals surface area (Å²) in [6, 6.07) is 5.90. The maximum absolute atomic E-state index is 14.0. The third-order valence-electron chi connectivity index (χ3n) is 5.17. The summed E-state index contributed by atoms with van der Waals surface area (Å²) in [5, 5.41) is 9.94. The average molecular weight is 617 g/mol. The Morgan fingerprint density at radius 3 is 2.68 bits per heavy atom. The van der Waals surface area contributed by atoms with E-state index in [-0.39, 0.29) is 33.5 Å². The molecule has 0 atom stereocenters. The van der Waals surface area contributed by atoms with Gasteiger partial charge in [0.1, 0.15) is 15.9 Å². The Morgan fingerprint density at radius 2 is 2.00 bits per heavy atom. The monoisotopic (exact) mass is 615 g/mol. The van der Waals surface area contributed by atoms with E-state index >= 15 is 0 Å². The summed E-state index contributed by atoms with van der Waals surface area (Å²) in [4.78, 5) is 31.1. The lowest BCUT2D eigenvalue weighted by molar-refractivity contribution is -0.286. The predicted molar refractivity (Wildman–Crippen MR) is 139 cm³/mol. The summed E-state index contributed by atoms with van der Waals surface area (Å²) in [5.74, 6) is -1.49. The van der Waals surface area contributed by atoms with Gasteiger partial charge in [0.2, 0.25) is 0 Å². The highest BCUT2D eigenvalue weighted by molar-refractivity contribution is 9.10. The third kappa shape index (κ3) is 5.68. The number of amides is 2. The first-order valence-corrected chi connectivity index (χ1v) is 13.3. The van der Waals surface area contributed by atoms with Crippen molar-refractivity contribution in [2.24, 2.45) is 0 Å². The van der Waals surface area contributed by atoms with Gasteiger partial charge in [-0.2, -0.15) is 16.9 Å². The van der Waals surface area contributed by atoms with Gasteiger partial charge >= 0.3 is 6.29 Å². The molecule has 0 fully saturated rings. The molecule has 0 spiro atoms. The molecule has 14 heteroatoms. The first kappa shape index (κ1) is 27.1.